The Hall–Kier alpha value is -0.640. The van der Waals surface area contributed by atoms with E-state index in [2.05, 4.69) is 48.0 Å². The van der Waals surface area contributed by atoms with Crippen molar-refractivity contribution in [2.24, 2.45) is 0 Å². The summed E-state index contributed by atoms with van der Waals surface area (Å²) in [7, 11) is 0. The van der Waals surface area contributed by atoms with Crippen LogP contribution >= 0.6 is 15.9 Å². The van der Waals surface area contributed by atoms with Crippen LogP contribution in [-0.4, -0.2) is 24.4 Å². The van der Waals surface area contributed by atoms with Crippen molar-refractivity contribution in [1.29, 1.82) is 0 Å². The normalized spacial score (nSPS) is 27.2. The van der Waals surface area contributed by atoms with Crippen LogP contribution in [0.1, 0.15) is 25.8 Å². The second kappa shape index (κ2) is 5.55. The van der Waals surface area contributed by atoms with E-state index in [0.29, 0.717) is 6.61 Å². The van der Waals surface area contributed by atoms with Gasteiger partial charge in [0, 0.05) is 9.89 Å². The van der Waals surface area contributed by atoms with Crippen molar-refractivity contribution in [3.8, 4) is 0 Å². The zero-order valence-electron chi connectivity index (χ0n) is 10.8. The lowest BCUT2D eigenvalue weighted by Crippen LogP contribution is -2.31. The molecule has 1 aliphatic rings. The van der Waals surface area contributed by atoms with E-state index in [9.17, 15) is 5.11 Å². The van der Waals surface area contributed by atoms with Gasteiger partial charge in [0.05, 0.1) is 19.3 Å². The Morgan fingerprint density at radius 3 is 2.67 bits per heavy atom. The highest BCUT2D eigenvalue weighted by molar-refractivity contribution is 9.10. The molecule has 98 valence electrons. The van der Waals surface area contributed by atoms with E-state index in [1.165, 1.54) is 5.57 Å². The first-order chi connectivity index (χ1) is 8.55. The fraction of sp³-hybridized carbons (Fsp3) is 0.467. The van der Waals surface area contributed by atoms with Crippen LogP contribution < -0.4 is 0 Å². The van der Waals surface area contributed by atoms with Gasteiger partial charge in [-0.15, -0.1) is 0 Å². The predicted molar refractivity (Wildman–Crippen MR) is 76.7 cm³/mol. The number of hydrogen-bond acceptors (Lipinski definition) is 2. The molecule has 1 aliphatic heterocycles. The minimum absolute atomic E-state index is 0.116. The van der Waals surface area contributed by atoms with Gasteiger partial charge in [0.2, 0.25) is 0 Å². The van der Waals surface area contributed by atoms with E-state index in [0.717, 1.165) is 16.5 Å². The largest absolute Gasteiger partial charge is 0.395 e. The van der Waals surface area contributed by atoms with E-state index in [4.69, 9.17) is 4.74 Å². The molecule has 1 saturated heterocycles. The summed E-state index contributed by atoms with van der Waals surface area (Å²) in [6.45, 7) is 4.85. The molecule has 1 fully saturated rings. The molecule has 18 heavy (non-hydrogen) atoms. The molecule has 2 nitrogen and oxygen atoms in total. The predicted octanol–water partition coefficient (Wildman–Crippen LogP) is 3.43. The van der Waals surface area contributed by atoms with E-state index >= 15 is 0 Å². The number of rotatable bonds is 3. The van der Waals surface area contributed by atoms with Gasteiger partial charge in [0.15, 0.2) is 0 Å². The second-order valence-electron chi connectivity index (χ2n) is 5.24. The van der Waals surface area contributed by atoms with Crippen LogP contribution in [0.25, 0.3) is 0 Å². The molecule has 0 saturated carbocycles. The van der Waals surface area contributed by atoms with Crippen LogP contribution in [-0.2, 0) is 10.2 Å². The molecule has 1 aromatic rings. The van der Waals surface area contributed by atoms with Crippen LogP contribution in [0.4, 0.5) is 0 Å². The Morgan fingerprint density at radius 2 is 2.11 bits per heavy atom. The van der Waals surface area contributed by atoms with Gasteiger partial charge in [0.1, 0.15) is 0 Å². The van der Waals surface area contributed by atoms with Crippen molar-refractivity contribution in [2.45, 2.75) is 31.8 Å². The van der Waals surface area contributed by atoms with Gasteiger partial charge in [-0.3, -0.25) is 0 Å². The average molecular weight is 311 g/mol. The minimum atomic E-state index is -0.253. The molecule has 0 aromatic heterocycles. The Kier molecular flexibility index (Phi) is 4.25. The summed E-state index contributed by atoms with van der Waals surface area (Å²) in [6.07, 6.45) is 3.10. The number of halogens is 1. The fourth-order valence-corrected chi connectivity index (χ4v) is 2.72. The maximum absolute atomic E-state index is 9.78. The van der Waals surface area contributed by atoms with Gasteiger partial charge in [-0.25, -0.2) is 0 Å². The minimum Gasteiger partial charge on any atom is -0.395 e. The van der Waals surface area contributed by atoms with Crippen molar-refractivity contribution in [3.05, 3.63) is 46.0 Å². The monoisotopic (exact) mass is 310 g/mol. The number of aliphatic hydroxyl groups is 1. The highest BCUT2D eigenvalue weighted by Crippen LogP contribution is 2.37. The molecule has 0 spiro atoms. The number of ether oxygens (including phenoxy) is 1. The molecule has 2 atom stereocenters. The van der Waals surface area contributed by atoms with E-state index in [1.807, 2.05) is 12.1 Å². The summed E-state index contributed by atoms with van der Waals surface area (Å²) < 4.78 is 6.86. The quantitative estimate of drug-likeness (QED) is 0.867. The van der Waals surface area contributed by atoms with Crippen molar-refractivity contribution < 1.29 is 9.84 Å². The maximum atomic E-state index is 9.78. The Bertz CT molecular complexity index is 434. The summed E-state index contributed by atoms with van der Waals surface area (Å²) in [5.41, 5.74) is 2.15. The number of benzene rings is 1. The number of hydrogen-bond donors (Lipinski definition) is 1. The molecule has 0 amide bonds. The van der Waals surface area contributed by atoms with Crippen molar-refractivity contribution in [3.63, 3.8) is 0 Å². The summed E-state index contributed by atoms with van der Waals surface area (Å²) in [5.74, 6) is 0. The molecule has 1 heterocycles. The van der Waals surface area contributed by atoms with Crippen LogP contribution in [0.15, 0.2) is 40.4 Å². The highest BCUT2D eigenvalue weighted by atomic mass is 79.9. The van der Waals surface area contributed by atoms with Crippen molar-refractivity contribution in [2.75, 3.05) is 13.2 Å². The Labute approximate surface area is 117 Å². The molecule has 0 aliphatic carbocycles. The molecule has 3 heteroatoms. The van der Waals surface area contributed by atoms with Crippen molar-refractivity contribution in [1.82, 2.24) is 0 Å². The van der Waals surface area contributed by atoms with E-state index < -0.39 is 0 Å². The van der Waals surface area contributed by atoms with Gasteiger partial charge < -0.3 is 9.84 Å². The molecular formula is C15H19BrO2. The third kappa shape index (κ3) is 2.85. The van der Waals surface area contributed by atoms with Gasteiger partial charge >= 0.3 is 0 Å². The van der Waals surface area contributed by atoms with E-state index in [-0.39, 0.29) is 18.1 Å². The lowest BCUT2D eigenvalue weighted by Gasteiger charge is -2.25. The molecule has 0 unspecified atom stereocenters. The molecule has 1 aromatic carbocycles. The van der Waals surface area contributed by atoms with Gasteiger partial charge in [0.25, 0.3) is 0 Å². The van der Waals surface area contributed by atoms with Gasteiger partial charge in [-0.2, -0.15) is 0 Å². The van der Waals surface area contributed by atoms with Gasteiger partial charge in [-0.1, -0.05) is 39.7 Å². The molecule has 0 radical (unpaired) electrons. The maximum Gasteiger partial charge on any atom is 0.0768 e. The van der Waals surface area contributed by atoms with Gasteiger partial charge in [-0.05, 0) is 38.0 Å². The first-order valence-corrected chi connectivity index (χ1v) is 6.98. The first kappa shape index (κ1) is 13.8. The summed E-state index contributed by atoms with van der Waals surface area (Å²) in [6, 6.07) is 8.16. The third-order valence-corrected chi connectivity index (χ3v) is 3.97. The van der Waals surface area contributed by atoms with Crippen LogP contribution in [0.2, 0.25) is 0 Å². The second-order valence-corrected chi connectivity index (χ2v) is 6.16. The van der Waals surface area contributed by atoms with Crippen LogP contribution in [0.5, 0.6) is 0 Å². The highest BCUT2D eigenvalue weighted by Gasteiger charge is 2.40. The molecular weight excluding hydrogens is 292 g/mol. The first-order valence-electron chi connectivity index (χ1n) is 6.19. The summed E-state index contributed by atoms with van der Waals surface area (Å²) in [4.78, 5) is 0. The zero-order chi connectivity index (χ0) is 13.2. The smallest absolute Gasteiger partial charge is 0.0768 e. The SMILES string of the molecule is CC(C)=C[C@@H]1C[C@](CO)(c2ccc(Br)cc2)CO1. The standard InChI is InChI=1S/C15H19BrO2/c1-11(2)7-14-8-15(9-17,10-18-14)12-3-5-13(16)6-4-12/h3-7,14,17H,8-10H2,1-2H3/t14-,15-/m1/s1. The zero-order valence-corrected chi connectivity index (χ0v) is 12.4. The number of allylic oxidation sites excluding steroid dienone is 1. The van der Waals surface area contributed by atoms with Crippen LogP contribution in [0, 0.1) is 0 Å². The molecule has 2 rings (SSSR count). The van der Waals surface area contributed by atoms with Crippen LogP contribution in [0.3, 0.4) is 0 Å². The summed E-state index contributed by atoms with van der Waals surface area (Å²) >= 11 is 3.43. The summed E-state index contributed by atoms with van der Waals surface area (Å²) in [5, 5.41) is 9.78. The molecule has 0 bridgehead atoms. The average Bonchev–Trinajstić information content (AvgIpc) is 2.74. The van der Waals surface area contributed by atoms with Crippen molar-refractivity contribution >= 4 is 15.9 Å². The van der Waals surface area contributed by atoms with E-state index in [1.54, 1.807) is 0 Å². The lowest BCUT2D eigenvalue weighted by molar-refractivity contribution is 0.116. The lowest BCUT2D eigenvalue weighted by atomic mass is 9.79. The fourth-order valence-electron chi connectivity index (χ4n) is 2.45. The Balaban J connectivity index is 2.23. The third-order valence-electron chi connectivity index (χ3n) is 3.44. The topological polar surface area (TPSA) is 29.5 Å². The number of aliphatic hydroxyl groups excluding tert-OH is 1. The Morgan fingerprint density at radius 1 is 1.44 bits per heavy atom. The molecule has 1 N–H and O–H groups in total.